The van der Waals surface area contributed by atoms with Crippen molar-refractivity contribution in [2.75, 3.05) is 11.9 Å². The van der Waals surface area contributed by atoms with Gasteiger partial charge in [0.15, 0.2) is 5.13 Å². The molecule has 0 saturated carbocycles. The molecule has 1 unspecified atom stereocenters. The first kappa shape index (κ1) is 23.1. The molecular formula is C26H23N3O4S. The molecule has 4 aromatic rings. The van der Waals surface area contributed by atoms with E-state index in [2.05, 4.69) is 9.97 Å². The number of amides is 1. The van der Waals surface area contributed by atoms with E-state index in [1.54, 1.807) is 19.3 Å². The van der Waals surface area contributed by atoms with Gasteiger partial charge in [-0.05, 0) is 29.2 Å². The summed E-state index contributed by atoms with van der Waals surface area (Å²) in [5.74, 6) is -2.01. The molecule has 34 heavy (non-hydrogen) atoms. The van der Waals surface area contributed by atoms with Crippen molar-refractivity contribution < 1.29 is 14.7 Å². The highest BCUT2D eigenvalue weighted by molar-refractivity contribution is 7.14. The van der Waals surface area contributed by atoms with Gasteiger partial charge in [0, 0.05) is 30.3 Å². The molecule has 0 fully saturated rings. The lowest BCUT2D eigenvalue weighted by molar-refractivity contribution is -0.140. The van der Waals surface area contributed by atoms with Gasteiger partial charge in [0.2, 0.25) is 11.5 Å². The normalized spacial score (nSPS) is 11.7. The Hall–Kier alpha value is -4.04. The van der Waals surface area contributed by atoms with Crippen molar-refractivity contribution in [3.63, 3.8) is 0 Å². The fourth-order valence-electron chi connectivity index (χ4n) is 3.80. The largest absolute Gasteiger partial charge is 0.481 e. The van der Waals surface area contributed by atoms with Gasteiger partial charge in [-0.1, -0.05) is 54.6 Å². The van der Waals surface area contributed by atoms with E-state index >= 15 is 0 Å². The predicted octanol–water partition coefficient (Wildman–Crippen LogP) is 4.46. The van der Waals surface area contributed by atoms with Crippen LogP contribution in [0.5, 0.6) is 0 Å². The van der Waals surface area contributed by atoms with Crippen molar-refractivity contribution in [1.29, 1.82) is 0 Å². The van der Waals surface area contributed by atoms with Crippen LogP contribution in [0.4, 0.5) is 5.13 Å². The summed E-state index contributed by atoms with van der Waals surface area (Å²) in [5, 5.41) is 11.7. The molecular weight excluding hydrogens is 450 g/mol. The first-order chi connectivity index (χ1) is 16.4. The number of rotatable bonds is 8. The van der Waals surface area contributed by atoms with Gasteiger partial charge in [-0.2, -0.15) is 0 Å². The van der Waals surface area contributed by atoms with Crippen LogP contribution >= 0.6 is 11.3 Å². The first-order valence-corrected chi connectivity index (χ1v) is 11.6. The van der Waals surface area contributed by atoms with Crippen molar-refractivity contribution >= 4 is 28.3 Å². The fourth-order valence-corrected chi connectivity index (χ4v) is 4.60. The zero-order valence-corrected chi connectivity index (χ0v) is 19.3. The standard InChI is InChI=1S/C26H23N3O4S/c1-29(25(33)19(14-24(31)32)13-17-7-3-2-4-8-17)26-28-22(16-34-26)21-10-6-5-9-20(21)18-11-12-23(30)27-15-18/h2-12,15-16,19H,13-14H2,1H3,(H,27,30)(H,31,32). The number of nitrogens with zero attached hydrogens (tertiary/aromatic N) is 2. The van der Waals surface area contributed by atoms with E-state index in [0.29, 0.717) is 17.2 Å². The van der Waals surface area contributed by atoms with Crippen LogP contribution in [0, 0.1) is 5.92 Å². The van der Waals surface area contributed by atoms with Gasteiger partial charge in [-0.15, -0.1) is 11.3 Å². The highest BCUT2D eigenvalue weighted by atomic mass is 32.1. The smallest absolute Gasteiger partial charge is 0.304 e. The van der Waals surface area contributed by atoms with E-state index in [4.69, 9.17) is 0 Å². The maximum Gasteiger partial charge on any atom is 0.304 e. The zero-order valence-electron chi connectivity index (χ0n) is 18.5. The molecule has 1 atom stereocenters. The van der Waals surface area contributed by atoms with Crippen LogP contribution in [0.2, 0.25) is 0 Å². The highest BCUT2D eigenvalue weighted by Crippen LogP contribution is 2.34. The van der Waals surface area contributed by atoms with Crippen LogP contribution in [0.3, 0.4) is 0 Å². The minimum Gasteiger partial charge on any atom is -0.481 e. The number of hydrogen-bond donors (Lipinski definition) is 2. The number of carboxylic acids is 1. The lowest BCUT2D eigenvalue weighted by Crippen LogP contribution is -2.35. The third kappa shape index (κ3) is 5.29. The highest BCUT2D eigenvalue weighted by Gasteiger charge is 2.27. The zero-order chi connectivity index (χ0) is 24.1. The lowest BCUT2D eigenvalue weighted by atomic mass is 9.95. The molecule has 4 rings (SSSR count). The monoisotopic (exact) mass is 473 g/mol. The maximum atomic E-state index is 13.2. The second kappa shape index (κ2) is 10.3. The summed E-state index contributed by atoms with van der Waals surface area (Å²) >= 11 is 1.32. The Morgan fingerprint density at radius 3 is 2.41 bits per heavy atom. The molecule has 0 saturated heterocycles. The topological polar surface area (TPSA) is 103 Å². The second-order valence-corrected chi connectivity index (χ2v) is 8.72. The van der Waals surface area contributed by atoms with E-state index in [1.165, 1.54) is 22.3 Å². The Kier molecular flexibility index (Phi) is 6.98. The number of carboxylic acid groups (broad SMARTS) is 1. The van der Waals surface area contributed by atoms with Crippen LogP contribution in [0.15, 0.2) is 83.1 Å². The third-order valence-electron chi connectivity index (χ3n) is 5.50. The summed E-state index contributed by atoms with van der Waals surface area (Å²) in [6.07, 6.45) is 1.74. The van der Waals surface area contributed by atoms with Gasteiger partial charge in [-0.3, -0.25) is 19.3 Å². The van der Waals surface area contributed by atoms with E-state index < -0.39 is 11.9 Å². The van der Waals surface area contributed by atoms with Gasteiger partial charge >= 0.3 is 5.97 Å². The molecule has 0 aliphatic heterocycles. The van der Waals surface area contributed by atoms with Gasteiger partial charge < -0.3 is 10.1 Å². The van der Waals surface area contributed by atoms with E-state index in [-0.39, 0.29) is 17.9 Å². The summed E-state index contributed by atoms with van der Waals surface area (Å²) in [5.41, 5.74) is 4.04. The number of nitrogens with one attached hydrogen (secondary N) is 1. The average molecular weight is 474 g/mol. The van der Waals surface area contributed by atoms with Crippen LogP contribution in [-0.4, -0.2) is 34.0 Å². The Morgan fingerprint density at radius 1 is 1.03 bits per heavy atom. The summed E-state index contributed by atoms with van der Waals surface area (Å²) < 4.78 is 0. The summed E-state index contributed by atoms with van der Waals surface area (Å²) in [7, 11) is 1.62. The number of thiazole rings is 1. The quantitative estimate of drug-likeness (QED) is 0.393. The number of carbonyl (C=O) groups is 2. The molecule has 1 amide bonds. The van der Waals surface area contributed by atoms with Crippen LogP contribution in [0.1, 0.15) is 12.0 Å². The Bertz CT molecular complexity index is 1340. The fraction of sp³-hybridized carbons (Fsp3) is 0.154. The maximum absolute atomic E-state index is 13.2. The Labute approximate surface area is 200 Å². The van der Waals surface area contributed by atoms with E-state index in [0.717, 1.165) is 22.3 Å². The number of pyridine rings is 1. The molecule has 0 aliphatic carbocycles. The predicted molar refractivity (Wildman–Crippen MR) is 133 cm³/mol. The third-order valence-corrected chi connectivity index (χ3v) is 6.42. The van der Waals surface area contributed by atoms with E-state index in [1.807, 2.05) is 60.0 Å². The molecule has 0 aliphatic rings. The molecule has 2 N–H and O–H groups in total. The molecule has 8 heteroatoms. The van der Waals surface area contributed by atoms with E-state index in [9.17, 15) is 19.5 Å². The van der Waals surface area contributed by atoms with Gasteiger partial charge in [0.25, 0.3) is 0 Å². The number of aliphatic carboxylic acids is 1. The van der Waals surface area contributed by atoms with Gasteiger partial charge in [0.1, 0.15) is 0 Å². The average Bonchev–Trinajstić information content (AvgIpc) is 3.34. The SMILES string of the molecule is CN(C(=O)C(CC(=O)O)Cc1ccccc1)c1nc(-c2ccccc2-c2ccc(=O)[nH]c2)cs1. The number of aromatic nitrogens is 2. The first-order valence-electron chi connectivity index (χ1n) is 10.7. The number of H-pyrrole nitrogens is 1. The number of benzene rings is 2. The summed E-state index contributed by atoms with van der Waals surface area (Å²) in [6, 6.07) is 20.3. The molecule has 2 aromatic carbocycles. The Morgan fingerprint density at radius 2 is 1.74 bits per heavy atom. The van der Waals surface area contributed by atoms with Gasteiger partial charge in [0.05, 0.1) is 18.0 Å². The van der Waals surface area contributed by atoms with Gasteiger partial charge in [-0.25, -0.2) is 4.98 Å². The Balaban J connectivity index is 1.60. The number of hydrogen-bond acceptors (Lipinski definition) is 5. The van der Waals surface area contributed by atoms with Crippen LogP contribution in [0.25, 0.3) is 22.4 Å². The van der Waals surface area contributed by atoms with Crippen molar-refractivity contribution in [2.45, 2.75) is 12.8 Å². The molecule has 7 nitrogen and oxygen atoms in total. The molecule has 172 valence electrons. The number of carbonyl (C=O) groups excluding carboxylic acids is 1. The van der Waals surface area contributed by atoms with Crippen molar-refractivity contribution in [1.82, 2.24) is 9.97 Å². The minimum atomic E-state index is -1.02. The molecule has 0 radical (unpaired) electrons. The second-order valence-electron chi connectivity index (χ2n) is 7.88. The van der Waals surface area contributed by atoms with Crippen molar-refractivity contribution in [3.05, 3.63) is 94.2 Å². The number of anilines is 1. The molecule has 2 aromatic heterocycles. The number of aromatic amines is 1. The lowest BCUT2D eigenvalue weighted by Gasteiger charge is -2.21. The molecule has 2 heterocycles. The molecule has 0 bridgehead atoms. The summed E-state index contributed by atoms with van der Waals surface area (Å²) in [4.78, 5) is 44.9. The minimum absolute atomic E-state index is 0.177. The van der Waals surface area contributed by atoms with Crippen LogP contribution in [-0.2, 0) is 16.0 Å². The van der Waals surface area contributed by atoms with Crippen LogP contribution < -0.4 is 10.5 Å². The summed E-state index contributed by atoms with van der Waals surface area (Å²) in [6.45, 7) is 0. The van der Waals surface area contributed by atoms with Crippen molar-refractivity contribution in [2.24, 2.45) is 5.92 Å². The molecule has 0 spiro atoms. The van der Waals surface area contributed by atoms with Crippen molar-refractivity contribution in [3.8, 4) is 22.4 Å².